The molecule has 4 heteroatoms. The van der Waals surface area contributed by atoms with Gasteiger partial charge in [-0.1, -0.05) is 31.5 Å². The minimum absolute atomic E-state index is 0.0288. The fourth-order valence-corrected chi connectivity index (χ4v) is 1.65. The summed E-state index contributed by atoms with van der Waals surface area (Å²) in [4.78, 5) is 0. The molecule has 0 aliphatic rings. The molecule has 1 rings (SSSR count). The van der Waals surface area contributed by atoms with E-state index in [0.717, 1.165) is 5.56 Å². The van der Waals surface area contributed by atoms with E-state index in [0.29, 0.717) is 17.5 Å². The lowest BCUT2D eigenvalue weighted by molar-refractivity contribution is 0.210. The zero-order chi connectivity index (χ0) is 12.1. The molecule has 1 aromatic rings. The molecule has 0 aliphatic heterocycles. The molecule has 1 atom stereocenters. The van der Waals surface area contributed by atoms with Gasteiger partial charge in [-0.25, -0.2) is 4.39 Å². The van der Waals surface area contributed by atoms with Gasteiger partial charge in [0.1, 0.15) is 5.82 Å². The highest BCUT2D eigenvalue weighted by Gasteiger charge is 2.11. The fraction of sp³-hybridized carbons (Fsp3) is 0.500. The van der Waals surface area contributed by atoms with Crippen molar-refractivity contribution in [3.63, 3.8) is 0 Å². The number of nitrogens with one attached hydrogen (secondary N) is 1. The highest BCUT2D eigenvalue weighted by atomic mass is 35.5. The molecular formula is C12H17ClFNO. The van der Waals surface area contributed by atoms with E-state index in [4.69, 9.17) is 16.7 Å². The Bertz CT molecular complexity index is 344. The van der Waals surface area contributed by atoms with Crippen molar-refractivity contribution in [3.05, 3.63) is 34.6 Å². The smallest absolute Gasteiger partial charge is 0.124 e. The van der Waals surface area contributed by atoms with Gasteiger partial charge in [0.2, 0.25) is 0 Å². The van der Waals surface area contributed by atoms with Gasteiger partial charge in [0, 0.05) is 17.6 Å². The number of rotatable bonds is 5. The highest BCUT2D eigenvalue weighted by molar-refractivity contribution is 6.31. The first-order valence-electron chi connectivity index (χ1n) is 5.32. The molecule has 1 unspecified atom stereocenters. The van der Waals surface area contributed by atoms with Gasteiger partial charge < -0.3 is 10.4 Å². The van der Waals surface area contributed by atoms with E-state index in [9.17, 15) is 4.39 Å². The van der Waals surface area contributed by atoms with Gasteiger partial charge in [-0.2, -0.15) is 0 Å². The Balaban J connectivity index is 2.60. The molecule has 0 saturated carbocycles. The first-order chi connectivity index (χ1) is 7.54. The van der Waals surface area contributed by atoms with Gasteiger partial charge in [-0.3, -0.25) is 0 Å². The van der Waals surface area contributed by atoms with Crippen LogP contribution >= 0.6 is 11.6 Å². The van der Waals surface area contributed by atoms with Crippen molar-refractivity contribution in [3.8, 4) is 0 Å². The quantitative estimate of drug-likeness (QED) is 0.836. The molecule has 2 N–H and O–H groups in total. The molecule has 0 fully saturated rings. The van der Waals surface area contributed by atoms with E-state index in [1.807, 2.05) is 13.8 Å². The summed E-state index contributed by atoms with van der Waals surface area (Å²) in [6.07, 6.45) is 0. The van der Waals surface area contributed by atoms with E-state index in [-0.39, 0.29) is 18.5 Å². The molecule has 16 heavy (non-hydrogen) atoms. The molecule has 0 amide bonds. The van der Waals surface area contributed by atoms with Crippen molar-refractivity contribution in [2.24, 2.45) is 5.92 Å². The van der Waals surface area contributed by atoms with E-state index in [1.54, 1.807) is 6.07 Å². The van der Waals surface area contributed by atoms with Crippen LogP contribution < -0.4 is 5.32 Å². The van der Waals surface area contributed by atoms with Crippen LogP contribution in [0.2, 0.25) is 5.02 Å². The Morgan fingerprint density at radius 1 is 1.44 bits per heavy atom. The van der Waals surface area contributed by atoms with Gasteiger partial charge in [0.25, 0.3) is 0 Å². The molecule has 0 spiro atoms. The largest absolute Gasteiger partial charge is 0.395 e. The van der Waals surface area contributed by atoms with Crippen LogP contribution in [0, 0.1) is 11.7 Å². The summed E-state index contributed by atoms with van der Waals surface area (Å²) in [6.45, 7) is 4.67. The zero-order valence-electron chi connectivity index (χ0n) is 9.50. The lowest BCUT2D eigenvalue weighted by atomic mass is 10.1. The van der Waals surface area contributed by atoms with Crippen molar-refractivity contribution < 1.29 is 9.50 Å². The van der Waals surface area contributed by atoms with Crippen molar-refractivity contribution >= 4 is 11.6 Å². The third-order valence-electron chi connectivity index (χ3n) is 2.57. The van der Waals surface area contributed by atoms with Crippen molar-refractivity contribution in [1.82, 2.24) is 5.32 Å². The maximum atomic E-state index is 12.8. The Hall–Kier alpha value is -0.640. The summed E-state index contributed by atoms with van der Waals surface area (Å²) >= 11 is 5.89. The molecule has 0 bridgehead atoms. The van der Waals surface area contributed by atoms with Gasteiger partial charge in [0.05, 0.1) is 6.61 Å². The Labute approximate surface area is 100 Å². The Kier molecular flexibility index (Phi) is 5.19. The zero-order valence-corrected chi connectivity index (χ0v) is 10.3. The number of benzene rings is 1. The predicted octanol–water partition coefficient (Wildman–Crippen LogP) is 2.59. The van der Waals surface area contributed by atoms with Crippen LogP contribution in [-0.2, 0) is 6.54 Å². The molecular weight excluding hydrogens is 229 g/mol. The van der Waals surface area contributed by atoms with Crippen LogP contribution in [0.25, 0.3) is 0 Å². The van der Waals surface area contributed by atoms with Crippen LogP contribution in [0.1, 0.15) is 19.4 Å². The van der Waals surface area contributed by atoms with Crippen LogP contribution in [-0.4, -0.2) is 17.8 Å². The topological polar surface area (TPSA) is 32.3 Å². The van der Waals surface area contributed by atoms with Crippen molar-refractivity contribution in [2.75, 3.05) is 6.61 Å². The average Bonchev–Trinajstić information content (AvgIpc) is 2.21. The molecule has 0 aromatic heterocycles. The van der Waals surface area contributed by atoms with Crippen molar-refractivity contribution in [1.29, 1.82) is 0 Å². The second-order valence-corrected chi connectivity index (χ2v) is 4.56. The maximum Gasteiger partial charge on any atom is 0.124 e. The Morgan fingerprint density at radius 2 is 2.12 bits per heavy atom. The molecule has 2 nitrogen and oxygen atoms in total. The van der Waals surface area contributed by atoms with Crippen LogP contribution in [0.15, 0.2) is 18.2 Å². The maximum absolute atomic E-state index is 12.8. The van der Waals surface area contributed by atoms with Gasteiger partial charge in [0.15, 0.2) is 0 Å². The highest BCUT2D eigenvalue weighted by Crippen LogP contribution is 2.17. The van der Waals surface area contributed by atoms with E-state index >= 15 is 0 Å². The van der Waals surface area contributed by atoms with E-state index < -0.39 is 0 Å². The number of hydrogen-bond donors (Lipinski definition) is 2. The molecule has 0 heterocycles. The van der Waals surface area contributed by atoms with Crippen LogP contribution in [0.3, 0.4) is 0 Å². The Morgan fingerprint density at radius 3 is 2.62 bits per heavy atom. The summed E-state index contributed by atoms with van der Waals surface area (Å²) < 4.78 is 12.8. The van der Waals surface area contributed by atoms with Gasteiger partial charge in [-0.05, 0) is 23.6 Å². The normalized spacial score (nSPS) is 13.1. The molecule has 1 aromatic carbocycles. The summed E-state index contributed by atoms with van der Waals surface area (Å²) in [7, 11) is 0. The summed E-state index contributed by atoms with van der Waals surface area (Å²) in [5, 5.41) is 12.7. The first kappa shape index (κ1) is 13.4. The second-order valence-electron chi connectivity index (χ2n) is 4.15. The molecule has 0 saturated heterocycles. The third-order valence-corrected chi connectivity index (χ3v) is 2.92. The first-order valence-corrected chi connectivity index (χ1v) is 5.70. The van der Waals surface area contributed by atoms with Gasteiger partial charge in [-0.15, -0.1) is 0 Å². The van der Waals surface area contributed by atoms with Crippen LogP contribution in [0.4, 0.5) is 4.39 Å². The predicted molar refractivity (Wildman–Crippen MR) is 64.0 cm³/mol. The monoisotopic (exact) mass is 245 g/mol. The summed E-state index contributed by atoms with van der Waals surface area (Å²) in [5.74, 6) is 0.000502. The molecule has 0 aliphatic carbocycles. The lowest BCUT2D eigenvalue weighted by Crippen LogP contribution is -2.36. The number of halogens is 2. The number of aliphatic hydroxyl groups excluding tert-OH is 1. The fourth-order valence-electron chi connectivity index (χ4n) is 1.42. The SMILES string of the molecule is CC(C)C(CO)NCc1ccc(F)cc1Cl. The van der Waals surface area contributed by atoms with Gasteiger partial charge >= 0.3 is 0 Å². The third kappa shape index (κ3) is 3.74. The van der Waals surface area contributed by atoms with E-state index in [1.165, 1.54) is 12.1 Å². The summed E-state index contributed by atoms with van der Waals surface area (Å²) in [6, 6.07) is 4.36. The number of hydrogen-bond acceptors (Lipinski definition) is 2. The minimum atomic E-state index is -0.337. The standard InChI is InChI=1S/C12H17ClFNO/c1-8(2)12(7-16)15-6-9-3-4-10(14)5-11(9)13/h3-5,8,12,15-16H,6-7H2,1-2H3. The second kappa shape index (κ2) is 6.18. The molecule has 0 radical (unpaired) electrons. The van der Waals surface area contributed by atoms with E-state index in [2.05, 4.69) is 5.32 Å². The molecule has 90 valence electrons. The number of aliphatic hydroxyl groups is 1. The van der Waals surface area contributed by atoms with Crippen LogP contribution in [0.5, 0.6) is 0 Å². The minimum Gasteiger partial charge on any atom is -0.395 e. The average molecular weight is 246 g/mol. The summed E-state index contributed by atoms with van der Waals surface area (Å²) in [5.41, 5.74) is 0.835. The lowest BCUT2D eigenvalue weighted by Gasteiger charge is -2.20. The van der Waals surface area contributed by atoms with Crippen molar-refractivity contribution in [2.45, 2.75) is 26.4 Å².